The lowest BCUT2D eigenvalue weighted by molar-refractivity contribution is 0.591. The van der Waals surface area contributed by atoms with E-state index in [0.29, 0.717) is 0 Å². The van der Waals surface area contributed by atoms with E-state index in [-0.39, 0.29) is 0 Å². The van der Waals surface area contributed by atoms with Gasteiger partial charge in [0, 0.05) is 15.1 Å². The summed E-state index contributed by atoms with van der Waals surface area (Å²) in [4.78, 5) is 1.66. The first-order chi connectivity index (χ1) is 7.34. The molecule has 0 nitrogen and oxygen atoms in total. The standard InChI is InChI=1S/C13H24SSi/c1-2-3-4-5-6-7-8-9-12-13(15)10-11-14-12/h10-11H,2-9H2,1,15H3. The molecule has 1 rings (SSSR count). The average Bonchev–Trinajstić information content (AvgIpc) is 2.63. The van der Waals surface area contributed by atoms with Crippen molar-refractivity contribution in [3.63, 3.8) is 0 Å². The van der Waals surface area contributed by atoms with Crippen LogP contribution in [0.15, 0.2) is 11.4 Å². The van der Waals surface area contributed by atoms with Crippen LogP contribution in [0.3, 0.4) is 0 Å². The zero-order valence-corrected chi connectivity index (χ0v) is 13.0. The quantitative estimate of drug-likeness (QED) is 0.484. The van der Waals surface area contributed by atoms with Gasteiger partial charge in [0.25, 0.3) is 0 Å². The Morgan fingerprint density at radius 3 is 2.33 bits per heavy atom. The minimum absolute atomic E-state index is 1.23. The molecule has 0 aromatic carbocycles. The van der Waals surface area contributed by atoms with E-state index in [0.717, 1.165) is 0 Å². The van der Waals surface area contributed by atoms with Gasteiger partial charge in [0.2, 0.25) is 0 Å². The van der Waals surface area contributed by atoms with Crippen molar-refractivity contribution in [2.24, 2.45) is 0 Å². The maximum absolute atomic E-state index is 2.30. The minimum atomic E-state index is 1.23. The number of unbranched alkanes of at least 4 members (excludes halogenated alkanes) is 6. The number of rotatable bonds is 8. The summed E-state index contributed by atoms with van der Waals surface area (Å²) >= 11 is 1.96. The van der Waals surface area contributed by atoms with E-state index in [4.69, 9.17) is 0 Å². The molecule has 0 aliphatic rings. The Hall–Kier alpha value is -0.0831. The van der Waals surface area contributed by atoms with Crippen molar-refractivity contribution < 1.29 is 0 Å². The summed E-state index contributed by atoms with van der Waals surface area (Å²) in [6.45, 7) is 2.28. The van der Waals surface area contributed by atoms with E-state index in [1.807, 2.05) is 11.3 Å². The molecule has 0 atom stereocenters. The van der Waals surface area contributed by atoms with Crippen molar-refractivity contribution in [1.82, 2.24) is 0 Å². The highest BCUT2D eigenvalue weighted by molar-refractivity contribution is 7.11. The molecule has 0 N–H and O–H groups in total. The average molecular weight is 240 g/mol. The Balaban J connectivity index is 1.96. The summed E-state index contributed by atoms with van der Waals surface area (Å²) in [5.41, 5.74) is 0. The van der Waals surface area contributed by atoms with Gasteiger partial charge in [0.05, 0.1) is 0 Å². The fraction of sp³-hybridized carbons (Fsp3) is 0.692. The van der Waals surface area contributed by atoms with Gasteiger partial charge in [-0.25, -0.2) is 0 Å². The highest BCUT2D eigenvalue weighted by Crippen LogP contribution is 2.12. The van der Waals surface area contributed by atoms with E-state index in [1.54, 1.807) is 10.1 Å². The smallest absolute Gasteiger partial charge is 0.0399 e. The number of thiophene rings is 1. The van der Waals surface area contributed by atoms with Crippen molar-refractivity contribution >= 4 is 26.8 Å². The third-order valence-corrected chi connectivity index (χ3v) is 5.36. The van der Waals surface area contributed by atoms with Crippen molar-refractivity contribution in [2.45, 2.75) is 58.3 Å². The van der Waals surface area contributed by atoms with Gasteiger partial charge in [-0.1, -0.05) is 56.7 Å². The number of hydrogen-bond acceptors (Lipinski definition) is 1. The van der Waals surface area contributed by atoms with Gasteiger partial charge < -0.3 is 0 Å². The van der Waals surface area contributed by atoms with Crippen LogP contribution in [-0.4, -0.2) is 10.2 Å². The second-order valence-corrected chi connectivity index (χ2v) is 6.48. The second kappa shape index (κ2) is 8.11. The molecule has 0 saturated heterocycles. The molecule has 0 unspecified atom stereocenters. The first-order valence-electron chi connectivity index (χ1n) is 6.37. The Kier molecular flexibility index (Phi) is 7.02. The molecule has 0 bridgehead atoms. The monoisotopic (exact) mass is 240 g/mol. The van der Waals surface area contributed by atoms with Crippen molar-refractivity contribution in [3.05, 3.63) is 16.3 Å². The van der Waals surface area contributed by atoms with E-state index in [1.165, 1.54) is 61.6 Å². The van der Waals surface area contributed by atoms with Crippen LogP contribution in [0.5, 0.6) is 0 Å². The van der Waals surface area contributed by atoms with Gasteiger partial charge in [0.15, 0.2) is 0 Å². The van der Waals surface area contributed by atoms with Crippen LogP contribution in [0.25, 0.3) is 0 Å². The summed E-state index contributed by atoms with van der Waals surface area (Å²) in [7, 11) is 1.23. The lowest BCUT2D eigenvalue weighted by atomic mass is 10.1. The fourth-order valence-electron chi connectivity index (χ4n) is 1.90. The van der Waals surface area contributed by atoms with Crippen LogP contribution in [0.1, 0.15) is 56.7 Å². The summed E-state index contributed by atoms with van der Waals surface area (Å²) in [6.07, 6.45) is 11.3. The SMILES string of the molecule is CCCCCCCCCc1sccc1[SiH3]. The van der Waals surface area contributed by atoms with Gasteiger partial charge in [-0.15, -0.1) is 11.3 Å². The van der Waals surface area contributed by atoms with E-state index < -0.39 is 0 Å². The zero-order chi connectivity index (χ0) is 10.9. The summed E-state index contributed by atoms with van der Waals surface area (Å²) in [5, 5.41) is 3.88. The molecule has 1 aromatic rings. The summed E-state index contributed by atoms with van der Waals surface area (Å²) in [5.74, 6) is 0. The second-order valence-electron chi connectivity index (χ2n) is 4.40. The first-order valence-corrected chi connectivity index (χ1v) is 8.25. The van der Waals surface area contributed by atoms with Crippen LogP contribution < -0.4 is 5.19 Å². The van der Waals surface area contributed by atoms with Crippen LogP contribution in [-0.2, 0) is 6.42 Å². The molecule has 0 saturated carbocycles. The maximum atomic E-state index is 2.30. The molecule has 0 amide bonds. The van der Waals surface area contributed by atoms with Gasteiger partial charge in [-0.3, -0.25) is 0 Å². The largest absolute Gasteiger partial charge is 0.149 e. The molecule has 15 heavy (non-hydrogen) atoms. The molecule has 0 aliphatic heterocycles. The molecule has 86 valence electrons. The molecule has 2 heteroatoms. The van der Waals surface area contributed by atoms with E-state index in [9.17, 15) is 0 Å². The maximum Gasteiger partial charge on any atom is 0.0399 e. The van der Waals surface area contributed by atoms with E-state index >= 15 is 0 Å². The molecular formula is C13H24SSi. The molecule has 0 spiro atoms. The Morgan fingerprint density at radius 2 is 1.73 bits per heavy atom. The third kappa shape index (κ3) is 5.52. The predicted molar refractivity (Wildman–Crippen MR) is 75.6 cm³/mol. The summed E-state index contributed by atoms with van der Waals surface area (Å²) in [6, 6.07) is 2.30. The topological polar surface area (TPSA) is 0 Å². The Morgan fingerprint density at radius 1 is 1.07 bits per heavy atom. The molecule has 0 fully saturated rings. The normalized spacial score (nSPS) is 11.0. The molecular weight excluding hydrogens is 216 g/mol. The minimum Gasteiger partial charge on any atom is -0.149 e. The van der Waals surface area contributed by atoms with Crippen LogP contribution in [0.4, 0.5) is 0 Å². The molecule has 0 aliphatic carbocycles. The fourth-order valence-corrected chi connectivity index (χ4v) is 3.87. The molecule has 1 heterocycles. The van der Waals surface area contributed by atoms with Crippen LogP contribution in [0, 0.1) is 0 Å². The Labute approximate surface area is 102 Å². The summed E-state index contributed by atoms with van der Waals surface area (Å²) < 4.78 is 0. The highest BCUT2D eigenvalue weighted by atomic mass is 32.1. The number of aryl methyl sites for hydroxylation is 1. The van der Waals surface area contributed by atoms with Gasteiger partial charge in [-0.05, 0) is 18.2 Å². The third-order valence-electron chi connectivity index (χ3n) is 2.98. The van der Waals surface area contributed by atoms with Crippen LogP contribution in [0.2, 0.25) is 0 Å². The zero-order valence-electron chi connectivity index (χ0n) is 10.2. The van der Waals surface area contributed by atoms with Gasteiger partial charge in [0.1, 0.15) is 0 Å². The Bertz CT molecular complexity index is 255. The molecule has 0 radical (unpaired) electrons. The van der Waals surface area contributed by atoms with Gasteiger partial charge >= 0.3 is 0 Å². The molecule has 1 aromatic heterocycles. The van der Waals surface area contributed by atoms with Gasteiger partial charge in [-0.2, -0.15) is 0 Å². The lowest BCUT2D eigenvalue weighted by Crippen LogP contribution is -2.03. The lowest BCUT2D eigenvalue weighted by Gasteiger charge is -2.01. The predicted octanol–water partition coefficient (Wildman–Crippen LogP) is 3.03. The van der Waals surface area contributed by atoms with Crippen molar-refractivity contribution in [2.75, 3.05) is 0 Å². The highest BCUT2D eigenvalue weighted by Gasteiger charge is 1.98. The van der Waals surface area contributed by atoms with E-state index in [2.05, 4.69) is 18.4 Å². The van der Waals surface area contributed by atoms with Crippen molar-refractivity contribution in [1.29, 1.82) is 0 Å². The first kappa shape index (κ1) is 13.0. The number of hydrogen-bond donors (Lipinski definition) is 0. The van der Waals surface area contributed by atoms with Crippen molar-refractivity contribution in [3.8, 4) is 0 Å². The van der Waals surface area contributed by atoms with Crippen LogP contribution >= 0.6 is 11.3 Å².